The number of hydrogen-bond donors (Lipinski definition) is 1. The lowest BCUT2D eigenvalue weighted by molar-refractivity contribution is -0.0907. The molecule has 1 N–H and O–H groups in total. The quantitative estimate of drug-likeness (QED) is 0.539. The molecule has 0 aliphatic heterocycles. The number of hydrogen-bond acceptors (Lipinski definition) is 2. The van der Waals surface area contributed by atoms with Crippen LogP contribution in [-0.4, -0.2) is 17.0 Å². The molecule has 1 aromatic rings. The Bertz CT molecular complexity index is 694. The lowest BCUT2D eigenvalue weighted by Gasteiger charge is -2.58. The monoisotopic (exact) mass is 366 g/mol. The molecule has 0 aromatic heterocycles. The average molecular weight is 367 g/mol. The summed E-state index contributed by atoms with van der Waals surface area (Å²) in [6.07, 6.45) is 9.51. The number of benzene rings is 1. The van der Waals surface area contributed by atoms with Crippen LogP contribution in [0.4, 0.5) is 0 Å². The van der Waals surface area contributed by atoms with Crippen molar-refractivity contribution < 1.29 is 9.90 Å². The van der Waals surface area contributed by atoms with Crippen molar-refractivity contribution in [2.45, 2.75) is 70.8 Å². The molecule has 0 saturated heterocycles. The summed E-state index contributed by atoms with van der Waals surface area (Å²) in [6.45, 7) is 6.93. The summed E-state index contributed by atoms with van der Waals surface area (Å²) in [7, 11) is 0. The molecule has 3 aliphatic carbocycles. The van der Waals surface area contributed by atoms with E-state index in [9.17, 15) is 9.90 Å². The van der Waals surface area contributed by atoms with Crippen LogP contribution < -0.4 is 0 Å². The van der Waals surface area contributed by atoms with Crippen molar-refractivity contribution in [1.29, 1.82) is 0 Å². The third-order valence-corrected chi connectivity index (χ3v) is 8.31. The number of rotatable bonds is 4. The molecular formula is C25H34O2. The Morgan fingerprint density at radius 3 is 2.74 bits per heavy atom. The van der Waals surface area contributed by atoms with Crippen LogP contribution in [0.3, 0.4) is 0 Å². The van der Waals surface area contributed by atoms with Crippen LogP contribution in [0.1, 0.15) is 75.1 Å². The number of carbonyl (C=O) groups excluding carboxylic acids is 1. The first-order valence-corrected chi connectivity index (χ1v) is 10.9. The molecular weight excluding hydrogens is 332 g/mol. The van der Waals surface area contributed by atoms with E-state index < -0.39 is 0 Å². The largest absolute Gasteiger partial charge is 0.393 e. The maximum absolute atomic E-state index is 12.6. The predicted molar refractivity (Wildman–Crippen MR) is 110 cm³/mol. The Labute approximate surface area is 164 Å². The van der Waals surface area contributed by atoms with Gasteiger partial charge in [-0.15, -0.1) is 0 Å². The summed E-state index contributed by atoms with van der Waals surface area (Å²) in [5.74, 6) is 2.88. The van der Waals surface area contributed by atoms with Crippen molar-refractivity contribution in [3.05, 3.63) is 48.0 Å². The number of Topliss-reactive ketones (excluding diaryl/α,β-unsaturated/α-hetero) is 1. The molecule has 0 amide bonds. The zero-order valence-electron chi connectivity index (χ0n) is 16.7. The van der Waals surface area contributed by atoms with Crippen molar-refractivity contribution in [3.63, 3.8) is 0 Å². The van der Waals surface area contributed by atoms with Gasteiger partial charge in [0.2, 0.25) is 0 Å². The summed E-state index contributed by atoms with van der Waals surface area (Å²) in [6, 6.07) is 9.72. The molecule has 0 bridgehead atoms. The molecule has 146 valence electrons. The van der Waals surface area contributed by atoms with E-state index in [2.05, 4.69) is 13.5 Å². The molecule has 4 rings (SSSR count). The van der Waals surface area contributed by atoms with Crippen LogP contribution in [0, 0.1) is 29.1 Å². The van der Waals surface area contributed by atoms with Gasteiger partial charge >= 0.3 is 0 Å². The highest BCUT2D eigenvalue weighted by atomic mass is 16.3. The van der Waals surface area contributed by atoms with Gasteiger partial charge in [-0.3, -0.25) is 4.79 Å². The highest BCUT2D eigenvalue weighted by molar-refractivity contribution is 5.95. The van der Waals surface area contributed by atoms with Gasteiger partial charge in [-0.25, -0.2) is 0 Å². The maximum atomic E-state index is 12.6. The van der Waals surface area contributed by atoms with Crippen molar-refractivity contribution >= 4 is 5.78 Å². The van der Waals surface area contributed by atoms with E-state index in [1.54, 1.807) is 0 Å². The molecule has 0 spiro atoms. The number of ketones is 1. The van der Waals surface area contributed by atoms with Crippen LogP contribution in [0.15, 0.2) is 42.5 Å². The van der Waals surface area contributed by atoms with Crippen LogP contribution in [-0.2, 0) is 0 Å². The first-order valence-electron chi connectivity index (χ1n) is 10.9. The van der Waals surface area contributed by atoms with Gasteiger partial charge < -0.3 is 5.11 Å². The van der Waals surface area contributed by atoms with Crippen molar-refractivity contribution in [3.8, 4) is 0 Å². The normalized spacial score (nSPS) is 38.7. The van der Waals surface area contributed by atoms with Crippen molar-refractivity contribution in [2.24, 2.45) is 29.1 Å². The average Bonchev–Trinajstić information content (AvgIpc) is 2.68. The first kappa shape index (κ1) is 18.9. The Morgan fingerprint density at radius 2 is 1.96 bits per heavy atom. The minimum atomic E-state index is -0.0857. The maximum Gasteiger partial charge on any atom is 0.162 e. The second-order valence-corrected chi connectivity index (χ2v) is 9.61. The van der Waals surface area contributed by atoms with E-state index in [1.165, 1.54) is 31.3 Å². The van der Waals surface area contributed by atoms with Gasteiger partial charge in [-0.05, 0) is 80.5 Å². The molecule has 2 heteroatoms. The zero-order valence-corrected chi connectivity index (χ0v) is 16.7. The number of aliphatic hydroxyl groups excluding tert-OH is 1. The summed E-state index contributed by atoms with van der Waals surface area (Å²) in [5.41, 5.74) is 2.60. The number of allylic oxidation sites excluding steroid dienone is 1. The van der Waals surface area contributed by atoms with E-state index in [1.807, 2.05) is 30.3 Å². The zero-order chi connectivity index (χ0) is 19.0. The molecule has 6 atom stereocenters. The van der Waals surface area contributed by atoms with E-state index >= 15 is 0 Å². The SMILES string of the molecule is C=C1CCC2C(CCC3CC(O)CCC32C)C1CCC(=O)c1ccccc1. The standard InChI is InChI=1S/C25H34O2/c1-17-8-12-23-22(10-9-19-16-20(26)14-15-25(19,23)2)21(17)11-13-24(27)18-6-4-3-5-7-18/h3-7,19-23,26H,1,8-16H2,2H3. The second kappa shape index (κ2) is 7.54. The number of aliphatic hydroxyl groups is 1. The number of carbonyl (C=O) groups is 1. The van der Waals surface area contributed by atoms with Crippen LogP contribution >= 0.6 is 0 Å². The van der Waals surface area contributed by atoms with Crippen molar-refractivity contribution in [1.82, 2.24) is 0 Å². The molecule has 6 unspecified atom stereocenters. The van der Waals surface area contributed by atoms with E-state index in [0.29, 0.717) is 29.6 Å². The Balaban J connectivity index is 1.47. The van der Waals surface area contributed by atoms with Gasteiger partial charge in [-0.1, -0.05) is 49.4 Å². The summed E-state index contributed by atoms with van der Waals surface area (Å²) in [4.78, 5) is 12.6. The molecule has 3 aliphatic rings. The van der Waals surface area contributed by atoms with Gasteiger partial charge in [0, 0.05) is 12.0 Å². The van der Waals surface area contributed by atoms with Gasteiger partial charge in [0.1, 0.15) is 0 Å². The first-order chi connectivity index (χ1) is 13.0. The molecule has 0 heterocycles. The highest BCUT2D eigenvalue weighted by Gasteiger charge is 2.53. The molecule has 2 nitrogen and oxygen atoms in total. The van der Waals surface area contributed by atoms with Crippen LogP contribution in [0.2, 0.25) is 0 Å². The minimum Gasteiger partial charge on any atom is -0.393 e. The number of fused-ring (bicyclic) bond motifs is 3. The molecule has 0 radical (unpaired) electrons. The summed E-state index contributed by atoms with van der Waals surface area (Å²) >= 11 is 0. The van der Waals surface area contributed by atoms with E-state index in [0.717, 1.165) is 37.2 Å². The van der Waals surface area contributed by atoms with Gasteiger partial charge in [0.05, 0.1) is 6.10 Å². The highest BCUT2D eigenvalue weighted by Crippen LogP contribution is 2.61. The predicted octanol–water partition coefficient (Wildman–Crippen LogP) is 5.81. The fourth-order valence-electron chi connectivity index (χ4n) is 6.74. The van der Waals surface area contributed by atoms with Crippen LogP contribution in [0.5, 0.6) is 0 Å². The molecule has 27 heavy (non-hydrogen) atoms. The minimum absolute atomic E-state index is 0.0857. The van der Waals surface area contributed by atoms with E-state index in [4.69, 9.17) is 0 Å². The third-order valence-electron chi connectivity index (χ3n) is 8.31. The lowest BCUT2D eigenvalue weighted by Crippen LogP contribution is -2.51. The fraction of sp³-hybridized carbons (Fsp3) is 0.640. The topological polar surface area (TPSA) is 37.3 Å². The fourth-order valence-corrected chi connectivity index (χ4v) is 6.74. The van der Waals surface area contributed by atoms with Crippen LogP contribution in [0.25, 0.3) is 0 Å². The van der Waals surface area contributed by atoms with E-state index in [-0.39, 0.29) is 11.9 Å². The second-order valence-electron chi connectivity index (χ2n) is 9.61. The smallest absolute Gasteiger partial charge is 0.162 e. The lowest BCUT2D eigenvalue weighted by atomic mass is 9.47. The molecule has 3 saturated carbocycles. The molecule has 3 fully saturated rings. The van der Waals surface area contributed by atoms with Gasteiger partial charge in [-0.2, -0.15) is 0 Å². The Kier molecular flexibility index (Phi) is 5.29. The van der Waals surface area contributed by atoms with Crippen molar-refractivity contribution in [2.75, 3.05) is 0 Å². The Morgan fingerprint density at radius 1 is 1.19 bits per heavy atom. The summed E-state index contributed by atoms with van der Waals surface area (Å²) < 4.78 is 0. The summed E-state index contributed by atoms with van der Waals surface area (Å²) in [5, 5.41) is 10.2. The van der Waals surface area contributed by atoms with Gasteiger partial charge in [0.25, 0.3) is 0 Å². The Hall–Kier alpha value is -1.41. The molecule has 1 aromatic carbocycles. The third kappa shape index (κ3) is 3.53. The van der Waals surface area contributed by atoms with Gasteiger partial charge in [0.15, 0.2) is 5.78 Å².